The number of rotatable bonds is 6. The number of carbonyl (C=O) groups is 2. The minimum absolute atomic E-state index is 0.0882. The van der Waals surface area contributed by atoms with Gasteiger partial charge in [-0.25, -0.2) is 9.78 Å². The molecule has 2 heterocycles. The Hall–Kier alpha value is -2.41. The second-order valence-corrected chi connectivity index (χ2v) is 10.2. The average Bonchev–Trinajstić information content (AvgIpc) is 3.14. The maximum Gasteiger partial charge on any atom is 0.410 e. The maximum atomic E-state index is 12.3. The fraction of sp³-hybridized carbons (Fsp3) is 0.542. The van der Waals surface area contributed by atoms with Crippen LogP contribution in [0.2, 0.25) is 0 Å². The number of aromatic nitrogens is 1. The zero-order chi connectivity index (χ0) is 22.4. The fourth-order valence-corrected chi connectivity index (χ4v) is 4.29. The van der Waals surface area contributed by atoms with E-state index in [0.717, 1.165) is 35.5 Å². The first kappa shape index (κ1) is 23.3. The van der Waals surface area contributed by atoms with Crippen LogP contribution < -0.4 is 5.32 Å². The summed E-state index contributed by atoms with van der Waals surface area (Å²) in [5, 5.41) is 6.18. The molecule has 31 heavy (non-hydrogen) atoms. The molecular weight excluding hydrogens is 410 g/mol. The van der Waals surface area contributed by atoms with Crippen molar-refractivity contribution in [1.82, 2.24) is 15.2 Å². The summed E-state index contributed by atoms with van der Waals surface area (Å²) in [7, 11) is 0. The van der Waals surface area contributed by atoms with Gasteiger partial charge in [0.05, 0.1) is 10.7 Å². The third kappa shape index (κ3) is 7.35. The molecule has 6 nitrogen and oxygen atoms in total. The zero-order valence-corrected chi connectivity index (χ0v) is 19.8. The lowest BCUT2D eigenvalue weighted by Gasteiger charge is -2.33. The van der Waals surface area contributed by atoms with E-state index in [-0.39, 0.29) is 12.0 Å². The monoisotopic (exact) mass is 443 g/mol. The van der Waals surface area contributed by atoms with E-state index >= 15 is 0 Å². The van der Waals surface area contributed by atoms with Crippen molar-refractivity contribution in [2.45, 2.75) is 59.0 Å². The van der Waals surface area contributed by atoms with E-state index in [0.29, 0.717) is 32.0 Å². The third-order valence-electron chi connectivity index (χ3n) is 5.34. The first-order valence-corrected chi connectivity index (χ1v) is 11.8. The minimum atomic E-state index is -0.478. The second-order valence-electron chi connectivity index (χ2n) is 9.16. The van der Waals surface area contributed by atoms with E-state index in [1.54, 1.807) is 16.2 Å². The molecule has 1 fully saturated rings. The number of likely N-dealkylation sites (tertiary alicyclic amines) is 1. The van der Waals surface area contributed by atoms with E-state index in [1.165, 1.54) is 5.56 Å². The number of hydrogen-bond donors (Lipinski definition) is 1. The van der Waals surface area contributed by atoms with Crippen LogP contribution in [0.3, 0.4) is 0 Å². The van der Waals surface area contributed by atoms with Gasteiger partial charge in [-0.1, -0.05) is 24.3 Å². The number of thiazole rings is 1. The highest BCUT2D eigenvalue weighted by Gasteiger charge is 2.27. The molecule has 168 valence electrons. The highest BCUT2D eigenvalue weighted by Crippen LogP contribution is 2.23. The van der Waals surface area contributed by atoms with E-state index in [4.69, 9.17) is 4.74 Å². The Morgan fingerprint density at radius 2 is 1.87 bits per heavy atom. The topological polar surface area (TPSA) is 71.5 Å². The van der Waals surface area contributed by atoms with Crippen LogP contribution in [0.25, 0.3) is 11.3 Å². The van der Waals surface area contributed by atoms with E-state index in [9.17, 15) is 9.59 Å². The van der Waals surface area contributed by atoms with Crippen molar-refractivity contribution in [2.75, 3.05) is 19.6 Å². The second kappa shape index (κ2) is 10.3. The number of hydrogen-bond acceptors (Lipinski definition) is 5. The van der Waals surface area contributed by atoms with Gasteiger partial charge in [-0.15, -0.1) is 11.3 Å². The zero-order valence-electron chi connectivity index (χ0n) is 18.9. The Kier molecular flexibility index (Phi) is 7.70. The molecule has 1 N–H and O–H groups in total. The quantitative estimate of drug-likeness (QED) is 0.695. The van der Waals surface area contributed by atoms with Gasteiger partial charge in [-0.2, -0.15) is 0 Å². The van der Waals surface area contributed by atoms with Crippen LogP contribution in [0, 0.1) is 12.8 Å². The van der Waals surface area contributed by atoms with Crippen molar-refractivity contribution < 1.29 is 14.3 Å². The lowest BCUT2D eigenvalue weighted by Crippen LogP contribution is -2.42. The van der Waals surface area contributed by atoms with Crippen molar-refractivity contribution in [2.24, 2.45) is 5.92 Å². The Morgan fingerprint density at radius 3 is 2.45 bits per heavy atom. The van der Waals surface area contributed by atoms with Crippen molar-refractivity contribution in [3.63, 3.8) is 0 Å². The molecule has 1 aromatic carbocycles. The number of nitrogens with zero attached hydrogens (tertiary/aromatic N) is 2. The number of ether oxygens (including phenoxy) is 1. The normalized spacial score (nSPS) is 15.0. The predicted octanol–water partition coefficient (Wildman–Crippen LogP) is 4.81. The first-order chi connectivity index (χ1) is 14.7. The van der Waals surface area contributed by atoms with Gasteiger partial charge in [0, 0.05) is 37.0 Å². The summed E-state index contributed by atoms with van der Waals surface area (Å²) in [6.07, 6.45) is 2.74. The van der Waals surface area contributed by atoms with Crippen LogP contribution in [0.1, 0.15) is 50.6 Å². The van der Waals surface area contributed by atoms with Crippen LogP contribution >= 0.6 is 11.3 Å². The SMILES string of the molecule is Cc1nc(-c2ccc(CCNC(=O)CC3CCN(C(=O)OC(C)(C)C)CC3)cc2)cs1. The van der Waals surface area contributed by atoms with Crippen molar-refractivity contribution in [3.8, 4) is 11.3 Å². The van der Waals surface area contributed by atoms with E-state index in [1.807, 2.05) is 27.7 Å². The van der Waals surface area contributed by atoms with Gasteiger partial charge in [0.25, 0.3) is 0 Å². The Balaban J connectivity index is 1.35. The van der Waals surface area contributed by atoms with Crippen molar-refractivity contribution in [3.05, 3.63) is 40.2 Å². The summed E-state index contributed by atoms with van der Waals surface area (Å²) in [4.78, 5) is 30.7. The van der Waals surface area contributed by atoms with Gasteiger partial charge >= 0.3 is 6.09 Å². The third-order valence-corrected chi connectivity index (χ3v) is 6.12. The van der Waals surface area contributed by atoms with Crippen molar-refractivity contribution in [1.29, 1.82) is 0 Å². The van der Waals surface area contributed by atoms with Gasteiger partial charge in [0.1, 0.15) is 5.60 Å². The lowest BCUT2D eigenvalue weighted by atomic mass is 9.93. The van der Waals surface area contributed by atoms with E-state index in [2.05, 4.69) is 39.9 Å². The molecule has 3 rings (SSSR count). The Morgan fingerprint density at radius 1 is 1.19 bits per heavy atom. The maximum absolute atomic E-state index is 12.3. The molecule has 0 spiro atoms. The fourth-order valence-electron chi connectivity index (χ4n) is 3.66. The molecule has 2 amide bonds. The molecule has 0 bridgehead atoms. The molecule has 0 radical (unpaired) electrons. The summed E-state index contributed by atoms with van der Waals surface area (Å²) in [5.74, 6) is 0.407. The number of amides is 2. The van der Waals surface area contributed by atoms with Crippen LogP contribution in [-0.2, 0) is 16.0 Å². The summed E-state index contributed by atoms with van der Waals surface area (Å²) in [6, 6.07) is 8.37. The standard InChI is InChI=1S/C24H33N3O3S/c1-17-26-21(16-31-17)20-7-5-18(6-8-20)9-12-25-22(28)15-19-10-13-27(14-11-19)23(29)30-24(2,3)4/h5-8,16,19H,9-15H2,1-4H3,(H,25,28). The van der Waals surface area contributed by atoms with Gasteiger partial charge in [0.15, 0.2) is 0 Å². The summed E-state index contributed by atoms with van der Waals surface area (Å²) in [5.41, 5.74) is 2.85. The highest BCUT2D eigenvalue weighted by atomic mass is 32.1. The lowest BCUT2D eigenvalue weighted by molar-refractivity contribution is -0.122. The molecule has 0 unspecified atom stereocenters. The molecule has 2 aromatic rings. The Labute approximate surface area is 189 Å². The van der Waals surface area contributed by atoms with E-state index < -0.39 is 5.60 Å². The molecule has 0 saturated carbocycles. The molecule has 1 saturated heterocycles. The van der Waals surface area contributed by atoms with Gasteiger partial charge in [0.2, 0.25) is 5.91 Å². The summed E-state index contributed by atoms with van der Waals surface area (Å²) in [6.45, 7) is 9.56. The van der Waals surface area contributed by atoms with Gasteiger partial charge in [-0.3, -0.25) is 4.79 Å². The number of carbonyl (C=O) groups excluding carboxylic acids is 2. The van der Waals surface area contributed by atoms with Crippen molar-refractivity contribution >= 4 is 23.3 Å². The number of aryl methyl sites for hydroxylation is 1. The smallest absolute Gasteiger partial charge is 0.410 e. The predicted molar refractivity (Wildman–Crippen MR) is 124 cm³/mol. The van der Waals surface area contributed by atoms with Gasteiger partial charge in [-0.05, 0) is 58.4 Å². The number of nitrogens with one attached hydrogen (secondary N) is 1. The summed E-state index contributed by atoms with van der Waals surface area (Å²) >= 11 is 1.65. The largest absolute Gasteiger partial charge is 0.444 e. The van der Waals surface area contributed by atoms with Gasteiger partial charge < -0.3 is 15.0 Å². The number of piperidine rings is 1. The molecule has 1 aliphatic rings. The molecule has 1 aliphatic heterocycles. The molecular formula is C24H33N3O3S. The number of benzene rings is 1. The summed E-state index contributed by atoms with van der Waals surface area (Å²) < 4.78 is 5.43. The molecule has 0 aliphatic carbocycles. The molecule has 0 atom stereocenters. The Bertz CT molecular complexity index is 878. The van der Waals surface area contributed by atoms with Crippen LogP contribution in [0.5, 0.6) is 0 Å². The van der Waals surface area contributed by atoms with Crippen LogP contribution in [0.4, 0.5) is 4.79 Å². The van der Waals surface area contributed by atoms with Crippen LogP contribution in [0.15, 0.2) is 29.6 Å². The first-order valence-electron chi connectivity index (χ1n) is 11.0. The minimum Gasteiger partial charge on any atom is -0.444 e. The molecule has 7 heteroatoms. The highest BCUT2D eigenvalue weighted by molar-refractivity contribution is 7.09. The van der Waals surface area contributed by atoms with Crippen LogP contribution in [-0.4, -0.2) is 47.1 Å². The average molecular weight is 444 g/mol. The molecule has 1 aromatic heterocycles.